The van der Waals surface area contributed by atoms with E-state index in [1.165, 1.54) is 63.1 Å². The topological polar surface area (TPSA) is 24.9 Å². The van der Waals surface area contributed by atoms with Gasteiger partial charge in [0.1, 0.15) is 0 Å². The van der Waals surface area contributed by atoms with Crippen molar-refractivity contribution >= 4 is 100 Å². The van der Waals surface area contributed by atoms with Crippen LogP contribution >= 0.6 is 23.5 Å². The van der Waals surface area contributed by atoms with Crippen molar-refractivity contribution in [2.75, 3.05) is 22.9 Å². The predicted octanol–water partition coefficient (Wildman–Crippen LogP) is 8.33. The average molecular weight is 715 g/mol. The van der Waals surface area contributed by atoms with Gasteiger partial charge in [-0.3, -0.25) is 0 Å². The van der Waals surface area contributed by atoms with E-state index in [0.717, 1.165) is 13.1 Å². The summed E-state index contributed by atoms with van der Waals surface area (Å²) in [5.74, 6) is 0. The summed E-state index contributed by atoms with van der Waals surface area (Å²) in [6, 6.07) is 28.5. The minimum Gasteiger partial charge on any atom is -0.449 e. The Morgan fingerprint density at radius 3 is 0.891 bits per heavy atom. The summed E-state index contributed by atoms with van der Waals surface area (Å²) in [6.45, 7) is 25.4. The van der Waals surface area contributed by atoms with Crippen LogP contribution in [0.25, 0.3) is 0 Å². The van der Waals surface area contributed by atoms with E-state index in [9.17, 15) is 0 Å². The molecule has 0 N–H and O–H groups in total. The molecular weight excluding hydrogens is 669 g/mol. The third-order valence-electron chi connectivity index (χ3n) is 9.88. The van der Waals surface area contributed by atoms with E-state index >= 15 is 0 Å². The predicted molar refractivity (Wildman–Crippen MR) is 210 cm³/mol. The van der Waals surface area contributed by atoms with E-state index in [1.54, 1.807) is 0 Å². The zero-order valence-corrected chi connectivity index (χ0v) is 34.5. The fourth-order valence-corrected chi connectivity index (χ4v) is 26.2. The average Bonchev–Trinajstić information content (AvgIpc) is 2.99. The molecule has 240 valence electrons. The SMILES string of the molecule is CCN1c2ccc3cc2Sc2cc(ccc21)[Si](C)(C)O[Si](C)(C)c1ccc2c(c1)Sc1cc(ccc1N2CC)[Si](C)(C)O[Si]3(C)C. The lowest BCUT2D eigenvalue weighted by molar-refractivity contribution is 0.572. The zero-order chi connectivity index (χ0) is 32.8. The number of nitrogens with zero attached hydrogens (tertiary/aromatic N) is 2. The van der Waals surface area contributed by atoms with Crippen molar-refractivity contribution in [3.05, 3.63) is 72.8 Å². The van der Waals surface area contributed by atoms with Crippen LogP contribution in [0.5, 0.6) is 0 Å². The first-order chi connectivity index (χ1) is 21.6. The van der Waals surface area contributed by atoms with Crippen LogP contribution in [0, 0.1) is 0 Å². The van der Waals surface area contributed by atoms with Crippen molar-refractivity contribution < 1.29 is 8.23 Å². The van der Waals surface area contributed by atoms with E-state index in [2.05, 4.69) is 149 Å². The molecule has 3 heterocycles. The first-order valence-corrected chi connectivity index (χ1v) is 29.8. The number of hydrogen-bond acceptors (Lipinski definition) is 6. The molecule has 0 saturated carbocycles. The Balaban J connectivity index is 1.42. The highest BCUT2D eigenvalue weighted by atomic mass is 32.2. The van der Waals surface area contributed by atoms with Crippen LogP contribution in [-0.4, -0.2) is 46.4 Å². The fourth-order valence-electron chi connectivity index (χ4n) is 7.46. The van der Waals surface area contributed by atoms with Gasteiger partial charge in [0, 0.05) is 32.7 Å². The van der Waals surface area contributed by atoms with Crippen molar-refractivity contribution in [2.24, 2.45) is 0 Å². The van der Waals surface area contributed by atoms with E-state index in [0.29, 0.717) is 0 Å². The van der Waals surface area contributed by atoms with Gasteiger partial charge in [0.15, 0.2) is 0 Å². The molecule has 0 aliphatic carbocycles. The van der Waals surface area contributed by atoms with E-state index in [4.69, 9.17) is 8.23 Å². The van der Waals surface area contributed by atoms with Crippen LogP contribution in [0.1, 0.15) is 13.8 Å². The molecule has 0 unspecified atom stereocenters. The molecule has 4 nitrogen and oxygen atoms in total. The van der Waals surface area contributed by atoms with Crippen molar-refractivity contribution in [2.45, 2.75) is 85.8 Å². The number of anilines is 4. The van der Waals surface area contributed by atoms with Crippen LogP contribution in [0.4, 0.5) is 22.7 Å². The van der Waals surface area contributed by atoms with Gasteiger partial charge in [0.25, 0.3) is 0 Å². The second-order valence-electron chi connectivity index (χ2n) is 14.7. The Labute approximate surface area is 288 Å². The third kappa shape index (κ3) is 5.42. The lowest BCUT2D eigenvalue weighted by Crippen LogP contribution is -2.58. The van der Waals surface area contributed by atoms with Gasteiger partial charge in [0.2, 0.25) is 33.3 Å². The molecular formula is C36H46N2O2S2Si4. The second-order valence-corrected chi connectivity index (χ2v) is 32.9. The van der Waals surface area contributed by atoms with Gasteiger partial charge in [-0.15, -0.1) is 0 Å². The molecule has 10 heteroatoms. The Morgan fingerprint density at radius 2 is 0.674 bits per heavy atom. The van der Waals surface area contributed by atoms with Crippen molar-refractivity contribution in [1.82, 2.24) is 0 Å². The molecule has 0 radical (unpaired) electrons. The minimum absolute atomic E-state index is 0.928. The highest BCUT2D eigenvalue weighted by Gasteiger charge is 2.40. The maximum atomic E-state index is 7.37. The van der Waals surface area contributed by atoms with Gasteiger partial charge in [-0.2, -0.15) is 0 Å². The maximum absolute atomic E-state index is 7.37. The summed E-state index contributed by atoms with van der Waals surface area (Å²) < 4.78 is 14.7. The molecule has 8 bridgehead atoms. The lowest BCUT2D eigenvalue weighted by atomic mass is 10.2. The minimum atomic E-state index is -2.25. The van der Waals surface area contributed by atoms with Gasteiger partial charge in [-0.05, 0) is 136 Å². The van der Waals surface area contributed by atoms with E-state index < -0.39 is 33.3 Å². The van der Waals surface area contributed by atoms with Crippen LogP contribution in [0.3, 0.4) is 0 Å². The molecule has 7 rings (SSSR count). The number of fused-ring (bicyclic) bond motifs is 4. The first-order valence-electron chi connectivity index (χ1n) is 16.5. The molecule has 0 spiro atoms. The van der Waals surface area contributed by atoms with Gasteiger partial charge in [-0.25, -0.2) is 0 Å². The van der Waals surface area contributed by atoms with Crippen molar-refractivity contribution in [1.29, 1.82) is 0 Å². The van der Waals surface area contributed by atoms with Gasteiger partial charge >= 0.3 is 0 Å². The van der Waals surface area contributed by atoms with Crippen molar-refractivity contribution in [3.63, 3.8) is 0 Å². The third-order valence-corrected chi connectivity index (χ3v) is 27.0. The molecule has 0 fully saturated rings. The summed E-state index contributed by atoms with van der Waals surface area (Å²) in [5.41, 5.74) is 5.20. The molecule has 3 aliphatic heterocycles. The first kappa shape index (κ1) is 32.5. The smallest absolute Gasteiger partial charge is 0.206 e. The standard InChI is InChI=1S/C36H46N2O2S2Si4/c1-11-37-29-17-13-25-21-33(29)41-34-22-26(14-18-30(34)37)44(5,6)40-46(9,10)28-16-20-32-36(24-28)42-35-23-27(15-19-31(35)38(32)12-2)45(7,8)39-43(25,3)4/h13-24H,11-12H2,1-10H3. The fraction of sp³-hybridized carbons (Fsp3) is 0.333. The summed E-state index contributed by atoms with van der Waals surface area (Å²) in [6.07, 6.45) is 0. The molecule has 0 amide bonds. The van der Waals surface area contributed by atoms with Gasteiger partial charge < -0.3 is 18.0 Å². The Bertz CT molecular complexity index is 1620. The van der Waals surface area contributed by atoms with Crippen LogP contribution < -0.4 is 30.5 Å². The van der Waals surface area contributed by atoms with E-state index in [1.807, 2.05) is 23.5 Å². The Hall–Kier alpha value is -2.03. The number of hydrogen-bond donors (Lipinski definition) is 0. The van der Waals surface area contributed by atoms with Gasteiger partial charge in [-0.1, -0.05) is 47.8 Å². The van der Waals surface area contributed by atoms with Crippen LogP contribution in [-0.2, 0) is 8.23 Å². The molecule has 46 heavy (non-hydrogen) atoms. The molecule has 4 aromatic rings. The molecule has 0 atom stereocenters. The summed E-state index contributed by atoms with van der Waals surface area (Å²) in [7, 11) is -8.98. The number of rotatable bonds is 2. The maximum Gasteiger partial charge on any atom is 0.206 e. The summed E-state index contributed by atoms with van der Waals surface area (Å²) in [5, 5.41) is 5.45. The number of benzene rings is 4. The Morgan fingerprint density at radius 1 is 0.435 bits per heavy atom. The van der Waals surface area contributed by atoms with Gasteiger partial charge in [0.05, 0.1) is 22.7 Å². The zero-order valence-electron chi connectivity index (χ0n) is 28.9. The monoisotopic (exact) mass is 714 g/mol. The second kappa shape index (κ2) is 11.3. The molecule has 0 aromatic heterocycles. The Kier molecular flexibility index (Phi) is 7.96. The lowest BCUT2D eigenvalue weighted by Gasteiger charge is -2.39. The van der Waals surface area contributed by atoms with Crippen molar-refractivity contribution in [3.8, 4) is 0 Å². The molecule has 3 aliphatic rings. The molecule has 0 saturated heterocycles. The van der Waals surface area contributed by atoms with E-state index in [-0.39, 0.29) is 0 Å². The summed E-state index contributed by atoms with van der Waals surface area (Å²) >= 11 is 3.83. The van der Waals surface area contributed by atoms with Crippen LogP contribution in [0.15, 0.2) is 92.4 Å². The summed E-state index contributed by atoms with van der Waals surface area (Å²) in [4.78, 5) is 10.3. The normalized spacial score (nSPS) is 20.0. The molecule has 4 aromatic carbocycles. The largest absolute Gasteiger partial charge is 0.449 e. The van der Waals surface area contributed by atoms with Crippen LogP contribution in [0.2, 0.25) is 52.4 Å². The highest BCUT2D eigenvalue weighted by molar-refractivity contribution is 8.00. The quantitative estimate of drug-likeness (QED) is 0.194. The highest BCUT2D eigenvalue weighted by Crippen LogP contribution is 2.49.